The summed E-state index contributed by atoms with van der Waals surface area (Å²) < 4.78 is 0. The van der Waals surface area contributed by atoms with Gasteiger partial charge in [0.1, 0.15) is 6.04 Å². The molecule has 2 N–H and O–H groups in total. The maximum Gasteiger partial charge on any atom is 0.308 e. The molecule has 0 bridgehead atoms. The molecule has 2 aliphatic heterocycles. The Morgan fingerprint density at radius 3 is 2.75 bits per heavy atom. The van der Waals surface area contributed by atoms with Crippen LogP contribution in [0.25, 0.3) is 0 Å². The van der Waals surface area contributed by atoms with Gasteiger partial charge in [-0.25, -0.2) is 0 Å². The second-order valence-corrected chi connectivity index (χ2v) is 4.90. The van der Waals surface area contributed by atoms with Crippen molar-refractivity contribution in [3.8, 4) is 0 Å². The zero-order valence-electron chi connectivity index (χ0n) is 8.51. The van der Waals surface area contributed by atoms with Crippen molar-refractivity contribution in [1.82, 2.24) is 10.2 Å². The summed E-state index contributed by atoms with van der Waals surface area (Å²) in [5.74, 6) is -1.05. The molecule has 2 rings (SSSR count). The Kier molecular flexibility index (Phi) is 3.04. The highest BCUT2D eigenvalue weighted by Gasteiger charge is 2.36. The molecule has 0 aliphatic carbocycles. The molecule has 0 aromatic rings. The van der Waals surface area contributed by atoms with E-state index in [0.29, 0.717) is 18.7 Å². The molecule has 2 unspecified atom stereocenters. The number of nitrogens with one attached hydrogen (secondary N) is 1. The molecule has 7 heteroatoms. The quantitative estimate of drug-likeness (QED) is 0.699. The number of amides is 2. The van der Waals surface area contributed by atoms with Gasteiger partial charge in [0.2, 0.25) is 5.91 Å². The van der Waals surface area contributed by atoms with Crippen molar-refractivity contribution in [2.24, 2.45) is 5.92 Å². The molecule has 2 atom stereocenters. The number of rotatable bonds is 2. The molecule has 0 aromatic heterocycles. The first-order valence-corrected chi connectivity index (χ1v) is 6.01. The molecular formula is C9H12N2O4S. The van der Waals surface area contributed by atoms with E-state index in [9.17, 15) is 14.4 Å². The molecule has 88 valence electrons. The number of carboxylic acids is 1. The Hall–Kier alpha value is -1.24. The van der Waals surface area contributed by atoms with Crippen LogP contribution in [-0.4, -0.2) is 52.0 Å². The van der Waals surface area contributed by atoms with Gasteiger partial charge in [0, 0.05) is 18.8 Å². The zero-order chi connectivity index (χ0) is 11.7. The highest BCUT2D eigenvalue weighted by molar-refractivity contribution is 8.14. The first-order chi connectivity index (χ1) is 7.58. The third-order valence-corrected chi connectivity index (χ3v) is 3.70. The molecule has 0 spiro atoms. The largest absolute Gasteiger partial charge is 0.481 e. The number of hydrogen-bond donors (Lipinski definition) is 2. The third-order valence-electron chi connectivity index (χ3n) is 2.82. The van der Waals surface area contributed by atoms with E-state index in [1.54, 1.807) is 0 Å². The van der Waals surface area contributed by atoms with E-state index >= 15 is 0 Å². The molecule has 0 aromatic carbocycles. The molecule has 2 amide bonds. The van der Waals surface area contributed by atoms with Gasteiger partial charge in [0.25, 0.3) is 5.24 Å². The first-order valence-electron chi connectivity index (χ1n) is 5.03. The molecule has 0 radical (unpaired) electrons. The van der Waals surface area contributed by atoms with Gasteiger partial charge in [-0.05, 0) is 6.42 Å². The molecule has 2 saturated heterocycles. The van der Waals surface area contributed by atoms with Crippen LogP contribution in [0.1, 0.15) is 6.42 Å². The number of likely N-dealkylation sites (tertiary alicyclic amines) is 1. The Labute approximate surface area is 96.4 Å². The van der Waals surface area contributed by atoms with Gasteiger partial charge in [-0.2, -0.15) is 0 Å². The van der Waals surface area contributed by atoms with Crippen LogP contribution in [0.5, 0.6) is 0 Å². The van der Waals surface area contributed by atoms with Crippen molar-refractivity contribution < 1.29 is 19.5 Å². The van der Waals surface area contributed by atoms with Crippen LogP contribution in [0.2, 0.25) is 0 Å². The lowest BCUT2D eigenvalue weighted by Gasteiger charge is -2.19. The highest BCUT2D eigenvalue weighted by Crippen LogP contribution is 2.20. The summed E-state index contributed by atoms with van der Waals surface area (Å²) in [4.78, 5) is 35.1. The topological polar surface area (TPSA) is 86.7 Å². The van der Waals surface area contributed by atoms with E-state index in [1.165, 1.54) is 4.90 Å². The lowest BCUT2D eigenvalue weighted by molar-refractivity contribution is -0.141. The second-order valence-electron chi connectivity index (χ2n) is 3.90. The minimum atomic E-state index is -0.861. The summed E-state index contributed by atoms with van der Waals surface area (Å²) in [5, 5.41) is 11.2. The standard InChI is InChI=1S/C9H12N2O4S/c12-7(6-4-16-9(15)10-6)11-2-1-5(3-11)8(13)14/h5-6H,1-4H2,(H,10,15)(H,13,14). The van der Waals surface area contributed by atoms with Gasteiger partial charge in [0.15, 0.2) is 0 Å². The van der Waals surface area contributed by atoms with Gasteiger partial charge in [0.05, 0.1) is 5.92 Å². The molecule has 16 heavy (non-hydrogen) atoms. The molecule has 2 aliphatic rings. The third kappa shape index (κ3) is 2.13. The maximum atomic E-state index is 11.9. The van der Waals surface area contributed by atoms with Crippen LogP contribution >= 0.6 is 11.8 Å². The fourth-order valence-corrected chi connectivity index (χ4v) is 2.67. The van der Waals surface area contributed by atoms with Gasteiger partial charge in [-0.15, -0.1) is 0 Å². The number of thioether (sulfide) groups is 1. The number of carbonyl (C=O) groups is 3. The number of hydrogen-bond acceptors (Lipinski definition) is 4. The molecule has 0 saturated carbocycles. The Balaban J connectivity index is 1.92. The number of carboxylic acid groups (broad SMARTS) is 1. The van der Waals surface area contributed by atoms with Gasteiger partial charge in [-0.3, -0.25) is 14.4 Å². The van der Waals surface area contributed by atoms with Crippen LogP contribution in [-0.2, 0) is 9.59 Å². The molecule has 2 fully saturated rings. The summed E-state index contributed by atoms with van der Waals surface area (Å²) >= 11 is 1.09. The Bertz CT molecular complexity index is 346. The maximum absolute atomic E-state index is 11.9. The van der Waals surface area contributed by atoms with Crippen molar-refractivity contribution in [2.75, 3.05) is 18.8 Å². The lowest BCUT2D eigenvalue weighted by atomic mass is 10.1. The molecular weight excluding hydrogens is 232 g/mol. The van der Waals surface area contributed by atoms with Gasteiger partial charge >= 0.3 is 5.97 Å². The number of carbonyl (C=O) groups excluding carboxylic acids is 2. The summed E-state index contributed by atoms with van der Waals surface area (Å²) in [6.45, 7) is 0.720. The van der Waals surface area contributed by atoms with Crippen molar-refractivity contribution in [2.45, 2.75) is 12.5 Å². The zero-order valence-corrected chi connectivity index (χ0v) is 9.33. The summed E-state index contributed by atoms with van der Waals surface area (Å²) in [6.07, 6.45) is 0.495. The predicted molar refractivity (Wildman–Crippen MR) is 57.1 cm³/mol. The van der Waals surface area contributed by atoms with Crippen molar-refractivity contribution in [1.29, 1.82) is 0 Å². The first kappa shape index (κ1) is 11.3. The Morgan fingerprint density at radius 1 is 1.50 bits per heavy atom. The Morgan fingerprint density at radius 2 is 2.25 bits per heavy atom. The average molecular weight is 244 g/mol. The van der Waals surface area contributed by atoms with Crippen molar-refractivity contribution in [3.63, 3.8) is 0 Å². The van der Waals surface area contributed by atoms with Gasteiger partial charge in [-0.1, -0.05) is 11.8 Å². The van der Waals surface area contributed by atoms with Gasteiger partial charge < -0.3 is 15.3 Å². The fourth-order valence-electron chi connectivity index (χ4n) is 1.90. The smallest absolute Gasteiger partial charge is 0.308 e. The molecule has 2 heterocycles. The van der Waals surface area contributed by atoms with E-state index in [2.05, 4.69) is 5.32 Å². The SMILES string of the molecule is O=C1NC(C(=O)N2CCC(C(=O)O)C2)CS1. The van der Waals surface area contributed by atoms with Crippen LogP contribution < -0.4 is 5.32 Å². The predicted octanol–water partition coefficient (Wildman–Crippen LogP) is -0.256. The van der Waals surface area contributed by atoms with Crippen LogP contribution in [0.4, 0.5) is 4.79 Å². The number of nitrogens with zero attached hydrogens (tertiary/aromatic N) is 1. The monoisotopic (exact) mass is 244 g/mol. The summed E-state index contributed by atoms with van der Waals surface area (Å²) in [5.41, 5.74) is 0. The highest BCUT2D eigenvalue weighted by atomic mass is 32.2. The van der Waals surface area contributed by atoms with Crippen LogP contribution in [0.3, 0.4) is 0 Å². The summed E-state index contributed by atoms with van der Waals surface area (Å²) in [7, 11) is 0. The van der Waals surface area contributed by atoms with Crippen molar-refractivity contribution in [3.05, 3.63) is 0 Å². The van der Waals surface area contributed by atoms with Crippen molar-refractivity contribution >= 4 is 28.9 Å². The minimum absolute atomic E-state index is 0.165. The van der Waals surface area contributed by atoms with Crippen LogP contribution in [0, 0.1) is 5.92 Å². The average Bonchev–Trinajstić information content (AvgIpc) is 2.84. The number of aliphatic carboxylic acids is 1. The fraction of sp³-hybridized carbons (Fsp3) is 0.667. The summed E-state index contributed by atoms with van der Waals surface area (Å²) in [6, 6.07) is -0.481. The van der Waals surface area contributed by atoms with Crippen LogP contribution in [0.15, 0.2) is 0 Å². The second kappa shape index (κ2) is 4.32. The van der Waals surface area contributed by atoms with E-state index < -0.39 is 17.9 Å². The lowest BCUT2D eigenvalue weighted by Crippen LogP contribution is -2.44. The van der Waals surface area contributed by atoms with E-state index in [4.69, 9.17) is 5.11 Å². The minimum Gasteiger partial charge on any atom is -0.481 e. The van der Waals surface area contributed by atoms with E-state index in [-0.39, 0.29) is 17.7 Å². The molecule has 6 nitrogen and oxygen atoms in total. The normalized spacial score (nSPS) is 29.2. The van der Waals surface area contributed by atoms with E-state index in [0.717, 1.165) is 11.8 Å². The van der Waals surface area contributed by atoms with E-state index in [1.807, 2.05) is 0 Å².